The Morgan fingerprint density at radius 2 is 2.05 bits per heavy atom. The minimum absolute atomic E-state index is 0.280. The number of hydrogen-bond acceptors (Lipinski definition) is 5. The summed E-state index contributed by atoms with van der Waals surface area (Å²) in [6.07, 6.45) is 1.37. The Kier molecular flexibility index (Phi) is 3.95. The van der Waals surface area contributed by atoms with Crippen molar-refractivity contribution in [1.82, 2.24) is 0 Å². The molecular weight excluding hydrogens is 260 g/mol. The highest BCUT2D eigenvalue weighted by Crippen LogP contribution is 2.28. The first-order chi connectivity index (χ1) is 9.61. The fourth-order valence-corrected chi connectivity index (χ4v) is 1.64. The zero-order chi connectivity index (χ0) is 14.5. The molecule has 6 nitrogen and oxygen atoms in total. The fraction of sp³-hybridized carbons (Fsp3) is 0.0714. The second kappa shape index (κ2) is 5.83. The molecular formula is C14H12N2O4. The van der Waals surface area contributed by atoms with Crippen LogP contribution in [0.25, 0.3) is 0 Å². The van der Waals surface area contributed by atoms with Crippen LogP contribution < -0.4 is 4.74 Å². The van der Waals surface area contributed by atoms with E-state index in [0.717, 1.165) is 0 Å². The molecule has 0 aromatic heterocycles. The van der Waals surface area contributed by atoms with Gasteiger partial charge in [0, 0.05) is 23.9 Å². The van der Waals surface area contributed by atoms with Crippen molar-refractivity contribution in [3.8, 4) is 11.5 Å². The molecule has 0 saturated heterocycles. The maximum atomic E-state index is 10.7. The van der Waals surface area contributed by atoms with E-state index in [0.29, 0.717) is 11.4 Å². The SMILES string of the molecule is COc1cccc(N=Cc2cccc([N+](=O)[O-])c2O)c1. The molecule has 0 fully saturated rings. The Morgan fingerprint density at radius 3 is 2.75 bits per heavy atom. The zero-order valence-corrected chi connectivity index (χ0v) is 10.7. The summed E-state index contributed by atoms with van der Waals surface area (Å²) in [5.41, 5.74) is 0.553. The number of ether oxygens (including phenoxy) is 1. The van der Waals surface area contributed by atoms with Crippen LogP contribution in [-0.2, 0) is 0 Å². The molecule has 0 aliphatic heterocycles. The summed E-state index contributed by atoms with van der Waals surface area (Å²) in [7, 11) is 1.55. The normalized spacial score (nSPS) is 10.7. The standard InChI is InChI=1S/C14H12N2O4/c1-20-12-6-3-5-11(8-12)15-9-10-4-2-7-13(14(10)17)16(18)19/h2-9,17H,1H3. The predicted molar refractivity (Wildman–Crippen MR) is 75.0 cm³/mol. The van der Waals surface area contributed by atoms with Gasteiger partial charge in [-0.25, -0.2) is 0 Å². The average molecular weight is 272 g/mol. The third-order valence-electron chi connectivity index (χ3n) is 2.65. The summed E-state index contributed by atoms with van der Waals surface area (Å²) in [6, 6.07) is 11.3. The maximum absolute atomic E-state index is 10.7. The van der Waals surface area contributed by atoms with E-state index in [1.54, 1.807) is 37.4 Å². The minimum Gasteiger partial charge on any atom is -0.502 e. The van der Waals surface area contributed by atoms with Gasteiger partial charge in [0.05, 0.1) is 17.7 Å². The molecule has 0 atom stereocenters. The first-order valence-electron chi connectivity index (χ1n) is 5.76. The second-order valence-electron chi connectivity index (χ2n) is 3.93. The summed E-state index contributed by atoms with van der Waals surface area (Å²) < 4.78 is 5.07. The Hall–Kier alpha value is -2.89. The number of nitrogens with zero attached hydrogens (tertiary/aromatic N) is 2. The van der Waals surface area contributed by atoms with Gasteiger partial charge in [0.15, 0.2) is 0 Å². The van der Waals surface area contributed by atoms with E-state index >= 15 is 0 Å². The Balaban J connectivity index is 2.31. The molecule has 20 heavy (non-hydrogen) atoms. The van der Waals surface area contributed by atoms with Crippen molar-refractivity contribution in [2.24, 2.45) is 4.99 Å². The van der Waals surface area contributed by atoms with E-state index in [4.69, 9.17) is 4.74 Å². The largest absolute Gasteiger partial charge is 0.502 e. The molecule has 0 saturated carbocycles. The van der Waals surface area contributed by atoms with Crippen molar-refractivity contribution >= 4 is 17.6 Å². The van der Waals surface area contributed by atoms with Gasteiger partial charge < -0.3 is 9.84 Å². The summed E-state index contributed by atoms with van der Waals surface area (Å²) in [6.45, 7) is 0. The molecule has 102 valence electrons. The zero-order valence-electron chi connectivity index (χ0n) is 10.7. The van der Waals surface area contributed by atoms with Gasteiger partial charge in [-0.2, -0.15) is 0 Å². The van der Waals surface area contributed by atoms with Crippen LogP contribution >= 0.6 is 0 Å². The van der Waals surface area contributed by atoms with E-state index in [-0.39, 0.29) is 11.3 Å². The van der Waals surface area contributed by atoms with Gasteiger partial charge in [-0.1, -0.05) is 12.1 Å². The van der Waals surface area contributed by atoms with Crippen molar-refractivity contribution in [1.29, 1.82) is 0 Å². The quantitative estimate of drug-likeness (QED) is 0.526. The third kappa shape index (κ3) is 2.92. The van der Waals surface area contributed by atoms with Crippen LogP contribution in [0.1, 0.15) is 5.56 Å². The molecule has 6 heteroatoms. The van der Waals surface area contributed by atoms with E-state index < -0.39 is 10.7 Å². The lowest BCUT2D eigenvalue weighted by molar-refractivity contribution is -0.385. The van der Waals surface area contributed by atoms with Gasteiger partial charge in [0.1, 0.15) is 5.75 Å². The van der Waals surface area contributed by atoms with Crippen LogP contribution in [0.15, 0.2) is 47.5 Å². The lowest BCUT2D eigenvalue weighted by atomic mass is 10.2. The third-order valence-corrected chi connectivity index (χ3v) is 2.65. The van der Waals surface area contributed by atoms with Crippen molar-refractivity contribution in [3.05, 3.63) is 58.1 Å². The number of benzene rings is 2. The molecule has 0 spiro atoms. The Labute approximate surface area is 115 Å². The van der Waals surface area contributed by atoms with Crippen LogP contribution in [0.2, 0.25) is 0 Å². The van der Waals surface area contributed by atoms with E-state index in [1.807, 2.05) is 0 Å². The highest BCUT2D eigenvalue weighted by molar-refractivity contribution is 5.87. The molecule has 0 radical (unpaired) electrons. The number of aliphatic imine (C=N–C) groups is 1. The molecule has 2 aromatic carbocycles. The smallest absolute Gasteiger partial charge is 0.311 e. The molecule has 2 aromatic rings. The van der Waals surface area contributed by atoms with Crippen LogP contribution in [0.5, 0.6) is 11.5 Å². The van der Waals surface area contributed by atoms with Gasteiger partial charge >= 0.3 is 5.69 Å². The average Bonchev–Trinajstić information content (AvgIpc) is 2.46. The summed E-state index contributed by atoms with van der Waals surface area (Å²) in [5, 5.41) is 20.5. The Bertz CT molecular complexity index is 668. The predicted octanol–water partition coefficient (Wildman–Crippen LogP) is 3.06. The van der Waals surface area contributed by atoms with Crippen molar-refractivity contribution < 1.29 is 14.8 Å². The van der Waals surface area contributed by atoms with E-state index in [1.165, 1.54) is 18.3 Å². The number of phenols is 1. The monoisotopic (exact) mass is 272 g/mol. The van der Waals surface area contributed by atoms with Crippen LogP contribution in [0.3, 0.4) is 0 Å². The van der Waals surface area contributed by atoms with Crippen LogP contribution in [0, 0.1) is 10.1 Å². The van der Waals surface area contributed by atoms with Gasteiger partial charge in [0.2, 0.25) is 5.75 Å². The number of nitro benzene ring substituents is 1. The summed E-state index contributed by atoms with van der Waals surface area (Å²) in [4.78, 5) is 14.2. The summed E-state index contributed by atoms with van der Waals surface area (Å²) >= 11 is 0. The number of rotatable bonds is 4. The number of methoxy groups -OCH3 is 1. The molecule has 0 unspecified atom stereocenters. The van der Waals surface area contributed by atoms with Crippen molar-refractivity contribution in [2.75, 3.05) is 7.11 Å². The highest BCUT2D eigenvalue weighted by Gasteiger charge is 2.14. The molecule has 2 rings (SSSR count). The minimum atomic E-state index is -0.641. The number of phenolic OH excluding ortho intramolecular Hbond substituents is 1. The highest BCUT2D eigenvalue weighted by atomic mass is 16.6. The fourth-order valence-electron chi connectivity index (χ4n) is 1.64. The number of hydrogen-bond donors (Lipinski definition) is 1. The number of nitro groups is 1. The molecule has 0 aliphatic carbocycles. The van der Waals surface area contributed by atoms with Gasteiger partial charge in [-0.3, -0.25) is 15.1 Å². The van der Waals surface area contributed by atoms with Gasteiger partial charge in [-0.05, 0) is 18.2 Å². The molecule has 0 heterocycles. The van der Waals surface area contributed by atoms with Gasteiger partial charge in [0.25, 0.3) is 0 Å². The van der Waals surface area contributed by atoms with Crippen molar-refractivity contribution in [3.63, 3.8) is 0 Å². The lowest BCUT2D eigenvalue weighted by Gasteiger charge is -2.01. The lowest BCUT2D eigenvalue weighted by Crippen LogP contribution is -1.91. The van der Waals surface area contributed by atoms with Crippen LogP contribution in [0.4, 0.5) is 11.4 Å². The van der Waals surface area contributed by atoms with E-state index in [2.05, 4.69) is 4.99 Å². The molecule has 0 bridgehead atoms. The molecule has 1 N–H and O–H groups in total. The number of para-hydroxylation sites is 1. The summed E-state index contributed by atoms with van der Waals surface area (Å²) in [5.74, 6) is 0.257. The van der Waals surface area contributed by atoms with Crippen molar-refractivity contribution in [2.45, 2.75) is 0 Å². The topological polar surface area (TPSA) is 85.0 Å². The van der Waals surface area contributed by atoms with E-state index in [9.17, 15) is 15.2 Å². The second-order valence-corrected chi connectivity index (χ2v) is 3.93. The molecule has 0 aliphatic rings. The number of aromatic hydroxyl groups is 1. The molecule has 0 amide bonds. The first-order valence-corrected chi connectivity index (χ1v) is 5.76. The Morgan fingerprint density at radius 1 is 1.30 bits per heavy atom. The van der Waals surface area contributed by atoms with Crippen LogP contribution in [-0.4, -0.2) is 23.4 Å². The maximum Gasteiger partial charge on any atom is 0.311 e. The van der Waals surface area contributed by atoms with Gasteiger partial charge in [-0.15, -0.1) is 0 Å². The first kappa shape index (κ1) is 13.5.